The third-order valence-electron chi connectivity index (χ3n) is 6.37. The first-order valence-electron chi connectivity index (χ1n) is 11.1. The van der Waals surface area contributed by atoms with Crippen LogP contribution in [-0.4, -0.2) is 39.9 Å². The quantitative estimate of drug-likeness (QED) is 0.233. The number of aliphatic hydroxyl groups is 1. The molecule has 1 saturated heterocycles. The summed E-state index contributed by atoms with van der Waals surface area (Å²) in [4.78, 5) is 28.6. The number of aromatic nitrogens is 1. The van der Waals surface area contributed by atoms with Crippen LogP contribution in [0.25, 0.3) is 16.7 Å². The fourth-order valence-electron chi connectivity index (χ4n) is 4.73. The van der Waals surface area contributed by atoms with Crippen molar-refractivity contribution in [3.63, 3.8) is 0 Å². The summed E-state index contributed by atoms with van der Waals surface area (Å²) in [7, 11) is 3.36. The van der Waals surface area contributed by atoms with Gasteiger partial charge in [-0.05, 0) is 47.7 Å². The van der Waals surface area contributed by atoms with Gasteiger partial charge in [-0.1, -0.05) is 24.3 Å². The number of ketones is 1. The maximum absolute atomic E-state index is 14.0. The minimum Gasteiger partial charge on any atom is -0.507 e. The number of fused-ring (bicyclic) bond motifs is 1. The Morgan fingerprint density at radius 3 is 2.69 bits per heavy atom. The highest BCUT2D eigenvalue weighted by molar-refractivity contribution is 7.10. The number of thiophene rings is 1. The van der Waals surface area contributed by atoms with Crippen molar-refractivity contribution >= 4 is 39.7 Å². The number of aryl methyl sites for hydroxylation is 1. The van der Waals surface area contributed by atoms with Gasteiger partial charge in [0.1, 0.15) is 17.3 Å². The van der Waals surface area contributed by atoms with Crippen LogP contribution in [0.15, 0.2) is 71.7 Å². The van der Waals surface area contributed by atoms with Crippen molar-refractivity contribution in [2.24, 2.45) is 7.05 Å². The second-order valence-electron chi connectivity index (χ2n) is 8.38. The third-order valence-corrected chi connectivity index (χ3v) is 7.30. The molecule has 5 rings (SSSR count). The summed E-state index contributed by atoms with van der Waals surface area (Å²) < 4.78 is 21.3. The number of benzene rings is 2. The van der Waals surface area contributed by atoms with Crippen LogP contribution < -0.4 is 4.74 Å². The zero-order valence-corrected chi connectivity index (χ0v) is 20.0. The van der Waals surface area contributed by atoms with E-state index in [2.05, 4.69) is 0 Å². The molecular weight excluding hydrogens is 467 g/mol. The molecule has 3 heterocycles. The summed E-state index contributed by atoms with van der Waals surface area (Å²) in [5.41, 5.74) is 2.10. The minimum absolute atomic E-state index is 0.0288. The fraction of sp³-hybridized carbons (Fsp3) is 0.185. The summed E-state index contributed by atoms with van der Waals surface area (Å²) >= 11 is 1.38. The summed E-state index contributed by atoms with van der Waals surface area (Å²) in [6.07, 6.45) is 2.55. The van der Waals surface area contributed by atoms with E-state index < -0.39 is 29.3 Å². The molecule has 0 radical (unpaired) electrons. The number of hydrogen-bond donors (Lipinski definition) is 1. The number of rotatable bonds is 6. The Labute approximate surface area is 205 Å². The van der Waals surface area contributed by atoms with E-state index in [0.29, 0.717) is 6.42 Å². The molecular formula is C27H23FN2O4S. The lowest BCUT2D eigenvalue weighted by atomic mass is 9.99. The Kier molecular flexibility index (Phi) is 5.90. The van der Waals surface area contributed by atoms with E-state index in [1.165, 1.54) is 35.5 Å². The summed E-state index contributed by atoms with van der Waals surface area (Å²) in [5.74, 6) is -2.34. The van der Waals surface area contributed by atoms with Crippen LogP contribution in [0.4, 0.5) is 4.39 Å². The Hall–Kier alpha value is -3.91. The number of ether oxygens (including phenoxy) is 1. The highest BCUT2D eigenvalue weighted by Crippen LogP contribution is 2.42. The topological polar surface area (TPSA) is 71.8 Å². The lowest BCUT2D eigenvalue weighted by Gasteiger charge is -2.24. The first-order valence-corrected chi connectivity index (χ1v) is 12.0. The number of hydrogen-bond acceptors (Lipinski definition) is 5. The van der Waals surface area contributed by atoms with Crippen molar-refractivity contribution in [1.82, 2.24) is 9.47 Å². The normalized spacial score (nSPS) is 17.5. The number of likely N-dealkylation sites (tertiary alicyclic amines) is 1. The molecule has 4 aromatic rings. The minimum atomic E-state index is -0.801. The number of carbonyl (C=O) groups is 2. The van der Waals surface area contributed by atoms with E-state index in [0.717, 1.165) is 27.4 Å². The number of carbonyl (C=O) groups excluding carboxylic acids is 2. The first kappa shape index (κ1) is 22.9. The van der Waals surface area contributed by atoms with Crippen LogP contribution in [0.2, 0.25) is 0 Å². The molecule has 0 spiro atoms. The van der Waals surface area contributed by atoms with Crippen molar-refractivity contribution in [3.8, 4) is 5.75 Å². The van der Waals surface area contributed by atoms with Crippen molar-refractivity contribution in [1.29, 1.82) is 0 Å². The number of amides is 1. The van der Waals surface area contributed by atoms with Crippen LogP contribution >= 0.6 is 11.3 Å². The zero-order valence-electron chi connectivity index (χ0n) is 19.2. The van der Waals surface area contributed by atoms with E-state index in [-0.39, 0.29) is 23.4 Å². The summed E-state index contributed by atoms with van der Waals surface area (Å²) in [6, 6.07) is 14.6. The van der Waals surface area contributed by atoms with Gasteiger partial charge in [0.15, 0.2) is 0 Å². The van der Waals surface area contributed by atoms with Gasteiger partial charge in [0.25, 0.3) is 11.7 Å². The van der Waals surface area contributed by atoms with Gasteiger partial charge in [-0.15, -0.1) is 11.3 Å². The summed E-state index contributed by atoms with van der Waals surface area (Å²) in [5, 5.41) is 14.1. The van der Waals surface area contributed by atoms with Gasteiger partial charge in [-0.25, -0.2) is 4.39 Å². The number of methoxy groups -OCH3 is 1. The SMILES string of the molecule is COc1ccc(F)cc1/C(O)=C1/C(=O)C(=O)N(CCc2cn(C)c3ccccc23)C1c1cccs1. The molecule has 1 fully saturated rings. The van der Waals surface area contributed by atoms with E-state index >= 15 is 0 Å². The molecule has 2 aromatic carbocycles. The molecule has 8 heteroatoms. The molecule has 6 nitrogen and oxygen atoms in total. The molecule has 1 aliphatic heterocycles. The van der Waals surface area contributed by atoms with Gasteiger partial charge in [0.2, 0.25) is 0 Å². The molecule has 1 atom stereocenters. The maximum atomic E-state index is 14.0. The Morgan fingerprint density at radius 2 is 1.94 bits per heavy atom. The molecule has 178 valence electrons. The van der Waals surface area contributed by atoms with Crippen LogP contribution in [-0.2, 0) is 23.1 Å². The van der Waals surface area contributed by atoms with Gasteiger partial charge in [0, 0.05) is 35.6 Å². The maximum Gasteiger partial charge on any atom is 0.295 e. The van der Waals surface area contributed by atoms with Crippen LogP contribution in [0, 0.1) is 5.82 Å². The van der Waals surface area contributed by atoms with Gasteiger partial charge < -0.3 is 19.3 Å². The molecule has 1 aliphatic rings. The zero-order chi connectivity index (χ0) is 24.7. The van der Waals surface area contributed by atoms with Gasteiger partial charge in [-0.3, -0.25) is 9.59 Å². The monoisotopic (exact) mass is 490 g/mol. The van der Waals surface area contributed by atoms with Crippen molar-refractivity contribution in [2.75, 3.05) is 13.7 Å². The van der Waals surface area contributed by atoms with Crippen LogP contribution in [0.1, 0.15) is 22.0 Å². The van der Waals surface area contributed by atoms with Gasteiger partial charge >= 0.3 is 0 Å². The van der Waals surface area contributed by atoms with Crippen molar-refractivity contribution in [3.05, 3.63) is 93.6 Å². The highest BCUT2D eigenvalue weighted by atomic mass is 32.1. The number of Topliss-reactive ketones (excluding diaryl/α,β-unsaturated/α-hetero) is 1. The average molecular weight is 491 g/mol. The van der Waals surface area contributed by atoms with Crippen LogP contribution in [0.3, 0.4) is 0 Å². The molecule has 1 amide bonds. The van der Waals surface area contributed by atoms with E-state index in [4.69, 9.17) is 4.74 Å². The van der Waals surface area contributed by atoms with Gasteiger partial charge in [0.05, 0.1) is 24.3 Å². The second-order valence-corrected chi connectivity index (χ2v) is 9.36. The number of nitrogens with zero attached hydrogens (tertiary/aromatic N) is 2. The third kappa shape index (κ3) is 3.89. The predicted molar refractivity (Wildman–Crippen MR) is 133 cm³/mol. The number of para-hydroxylation sites is 1. The second kappa shape index (κ2) is 9.03. The standard InChI is InChI=1S/C27H23FN2O4S/c1-29-15-16(18-6-3-4-7-20(18)29)11-12-30-24(22-8-5-13-35-22)23(26(32)27(30)33)25(31)19-14-17(28)9-10-21(19)34-2/h3-10,13-15,24,31H,11-12H2,1-2H3/b25-23-. The summed E-state index contributed by atoms with van der Waals surface area (Å²) in [6.45, 7) is 0.276. The predicted octanol–water partition coefficient (Wildman–Crippen LogP) is 5.05. The van der Waals surface area contributed by atoms with Gasteiger partial charge in [-0.2, -0.15) is 0 Å². The van der Waals surface area contributed by atoms with Crippen molar-refractivity contribution in [2.45, 2.75) is 12.5 Å². The largest absolute Gasteiger partial charge is 0.507 e. The van der Waals surface area contributed by atoms with E-state index in [9.17, 15) is 19.1 Å². The Morgan fingerprint density at radius 1 is 1.14 bits per heavy atom. The number of halogens is 1. The molecule has 1 N–H and O–H groups in total. The average Bonchev–Trinajstić information content (AvgIpc) is 3.56. The first-order chi connectivity index (χ1) is 16.9. The molecule has 0 aliphatic carbocycles. The van der Waals surface area contributed by atoms with E-state index in [1.54, 1.807) is 0 Å². The fourth-order valence-corrected chi connectivity index (χ4v) is 5.57. The molecule has 35 heavy (non-hydrogen) atoms. The van der Waals surface area contributed by atoms with E-state index in [1.807, 2.05) is 59.6 Å². The molecule has 2 aromatic heterocycles. The smallest absolute Gasteiger partial charge is 0.295 e. The molecule has 1 unspecified atom stereocenters. The highest BCUT2D eigenvalue weighted by Gasteiger charge is 2.46. The Bertz CT molecular complexity index is 1470. The lowest BCUT2D eigenvalue weighted by Crippen LogP contribution is -2.31. The molecule has 0 bridgehead atoms. The lowest BCUT2D eigenvalue weighted by molar-refractivity contribution is -0.139. The molecule has 0 saturated carbocycles. The number of aliphatic hydroxyl groups excluding tert-OH is 1. The van der Waals surface area contributed by atoms with Crippen LogP contribution in [0.5, 0.6) is 5.75 Å². The Balaban J connectivity index is 1.57. The van der Waals surface area contributed by atoms with Crippen molar-refractivity contribution < 1.29 is 23.8 Å².